The average Bonchev–Trinajstić information content (AvgIpc) is 3.24. The van der Waals surface area contributed by atoms with Crippen molar-refractivity contribution in [2.45, 2.75) is 57.4 Å². The molecule has 2 amide bonds. The SMILES string of the molecule is CN(C)CCNC(=O)C1(C(=O)NC2CCCCCC2)CC1. The maximum absolute atomic E-state index is 12.5. The van der Waals surface area contributed by atoms with Gasteiger partial charge in [0.1, 0.15) is 5.41 Å². The molecule has 21 heavy (non-hydrogen) atoms. The van der Waals surface area contributed by atoms with Gasteiger partial charge in [-0.15, -0.1) is 0 Å². The van der Waals surface area contributed by atoms with E-state index >= 15 is 0 Å². The highest BCUT2D eigenvalue weighted by Gasteiger charge is 2.56. The van der Waals surface area contributed by atoms with E-state index in [1.807, 2.05) is 19.0 Å². The van der Waals surface area contributed by atoms with E-state index in [9.17, 15) is 9.59 Å². The third kappa shape index (κ3) is 4.43. The molecule has 2 rings (SSSR count). The van der Waals surface area contributed by atoms with Crippen LogP contribution in [0.15, 0.2) is 0 Å². The summed E-state index contributed by atoms with van der Waals surface area (Å²) in [4.78, 5) is 26.8. The Hall–Kier alpha value is -1.10. The molecule has 5 heteroatoms. The molecule has 5 nitrogen and oxygen atoms in total. The number of nitrogens with one attached hydrogen (secondary N) is 2. The Bertz CT molecular complexity index is 370. The molecule has 0 aromatic heterocycles. The van der Waals surface area contributed by atoms with Gasteiger partial charge in [-0.25, -0.2) is 0 Å². The van der Waals surface area contributed by atoms with E-state index in [4.69, 9.17) is 0 Å². The Morgan fingerprint density at radius 2 is 1.67 bits per heavy atom. The van der Waals surface area contributed by atoms with E-state index < -0.39 is 5.41 Å². The van der Waals surface area contributed by atoms with Gasteiger partial charge in [-0.3, -0.25) is 9.59 Å². The Balaban J connectivity index is 1.81. The zero-order valence-electron chi connectivity index (χ0n) is 13.4. The van der Waals surface area contributed by atoms with E-state index in [0.29, 0.717) is 19.4 Å². The summed E-state index contributed by atoms with van der Waals surface area (Å²) >= 11 is 0. The van der Waals surface area contributed by atoms with E-state index in [1.54, 1.807) is 0 Å². The molecule has 120 valence electrons. The van der Waals surface area contributed by atoms with Crippen LogP contribution in [0.4, 0.5) is 0 Å². The van der Waals surface area contributed by atoms with Crippen molar-refractivity contribution in [2.24, 2.45) is 5.41 Å². The molecule has 2 aliphatic carbocycles. The molecule has 0 radical (unpaired) electrons. The second kappa shape index (κ2) is 7.25. The van der Waals surface area contributed by atoms with Crippen molar-refractivity contribution in [1.29, 1.82) is 0 Å². The zero-order valence-corrected chi connectivity index (χ0v) is 13.4. The van der Waals surface area contributed by atoms with Crippen molar-refractivity contribution in [3.05, 3.63) is 0 Å². The molecule has 0 bridgehead atoms. The normalized spacial score (nSPS) is 21.7. The summed E-state index contributed by atoms with van der Waals surface area (Å²) in [6.45, 7) is 1.40. The summed E-state index contributed by atoms with van der Waals surface area (Å²) in [5, 5.41) is 6.04. The van der Waals surface area contributed by atoms with Crippen LogP contribution in [0.3, 0.4) is 0 Å². The lowest BCUT2D eigenvalue weighted by atomic mass is 10.0. The Kier molecular flexibility index (Phi) is 5.62. The van der Waals surface area contributed by atoms with E-state index in [-0.39, 0.29) is 17.9 Å². The molecule has 0 aromatic carbocycles. The number of carbonyl (C=O) groups is 2. The highest BCUT2D eigenvalue weighted by Crippen LogP contribution is 2.46. The second-order valence-corrected chi connectivity index (χ2v) is 6.80. The quantitative estimate of drug-likeness (QED) is 0.573. The van der Waals surface area contributed by atoms with Gasteiger partial charge in [0.05, 0.1) is 0 Å². The fourth-order valence-corrected chi connectivity index (χ4v) is 2.99. The summed E-state index contributed by atoms with van der Waals surface area (Å²) in [6, 6.07) is 0.270. The van der Waals surface area contributed by atoms with Gasteiger partial charge >= 0.3 is 0 Å². The molecule has 2 saturated carbocycles. The highest BCUT2D eigenvalue weighted by atomic mass is 16.2. The molecule has 0 atom stereocenters. The first-order valence-electron chi connectivity index (χ1n) is 8.28. The van der Waals surface area contributed by atoms with Crippen LogP contribution in [0.25, 0.3) is 0 Å². The molecule has 2 N–H and O–H groups in total. The topological polar surface area (TPSA) is 61.4 Å². The van der Waals surface area contributed by atoms with Gasteiger partial charge < -0.3 is 15.5 Å². The van der Waals surface area contributed by atoms with Crippen LogP contribution >= 0.6 is 0 Å². The number of amides is 2. The second-order valence-electron chi connectivity index (χ2n) is 6.80. The first-order chi connectivity index (χ1) is 10.0. The molecule has 0 saturated heterocycles. The molecular weight excluding hydrogens is 266 g/mol. The summed E-state index contributed by atoms with van der Waals surface area (Å²) in [6.07, 6.45) is 8.41. The molecule has 0 heterocycles. The molecule has 0 aliphatic heterocycles. The molecule has 2 fully saturated rings. The fourth-order valence-electron chi connectivity index (χ4n) is 2.99. The van der Waals surface area contributed by atoms with Gasteiger partial charge in [-0.1, -0.05) is 25.7 Å². The number of hydrogen-bond donors (Lipinski definition) is 2. The van der Waals surface area contributed by atoms with Gasteiger partial charge in [-0.2, -0.15) is 0 Å². The lowest BCUT2D eigenvalue weighted by molar-refractivity contribution is -0.137. The third-order valence-corrected chi connectivity index (χ3v) is 4.65. The monoisotopic (exact) mass is 295 g/mol. The number of rotatable bonds is 6. The summed E-state index contributed by atoms with van der Waals surface area (Å²) in [7, 11) is 3.94. The standard InChI is InChI=1S/C16H29N3O2/c1-19(2)12-11-17-14(20)16(9-10-16)15(21)18-13-7-5-3-4-6-8-13/h13H,3-12H2,1-2H3,(H,17,20)(H,18,21). The van der Waals surface area contributed by atoms with E-state index in [2.05, 4.69) is 10.6 Å². The smallest absolute Gasteiger partial charge is 0.235 e. The van der Waals surface area contributed by atoms with Gasteiger partial charge in [0.15, 0.2) is 0 Å². The zero-order chi connectivity index (χ0) is 15.3. The van der Waals surface area contributed by atoms with Crippen LogP contribution in [0, 0.1) is 5.41 Å². The number of carbonyl (C=O) groups excluding carboxylic acids is 2. The van der Waals surface area contributed by atoms with E-state index in [1.165, 1.54) is 25.7 Å². The number of hydrogen-bond acceptors (Lipinski definition) is 3. The minimum absolute atomic E-state index is 0.0447. The first-order valence-corrected chi connectivity index (χ1v) is 8.28. The van der Waals surface area contributed by atoms with Gasteiger partial charge in [-0.05, 0) is 39.8 Å². The largest absolute Gasteiger partial charge is 0.354 e. The molecular formula is C16H29N3O2. The van der Waals surface area contributed by atoms with Crippen molar-refractivity contribution in [3.8, 4) is 0 Å². The Morgan fingerprint density at radius 1 is 1.05 bits per heavy atom. The Labute approximate surface area is 127 Å². The summed E-state index contributed by atoms with van der Waals surface area (Å²) in [5.41, 5.74) is -0.765. The maximum atomic E-state index is 12.5. The van der Waals surface area contributed by atoms with Crippen molar-refractivity contribution in [3.63, 3.8) is 0 Å². The van der Waals surface area contributed by atoms with Crippen molar-refractivity contribution < 1.29 is 9.59 Å². The third-order valence-electron chi connectivity index (χ3n) is 4.65. The lowest BCUT2D eigenvalue weighted by Crippen LogP contribution is -2.47. The predicted octanol–water partition coefficient (Wildman–Crippen LogP) is 1.28. The van der Waals surface area contributed by atoms with Crippen molar-refractivity contribution >= 4 is 11.8 Å². The summed E-state index contributed by atoms with van der Waals surface area (Å²) in [5.74, 6) is -0.132. The minimum Gasteiger partial charge on any atom is -0.354 e. The van der Waals surface area contributed by atoms with Gasteiger partial charge in [0.25, 0.3) is 0 Å². The van der Waals surface area contributed by atoms with Crippen LogP contribution < -0.4 is 10.6 Å². The Morgan fingerprint density at radius 3 is 2.19 bits per heavy atom. The predicted molar refractivity (Wildman–Crippen MR) is 82.9 cm³/mol. The average molecular weight is 295 g/mol. The van der Waals surface area contributed by atoms with E-state index in [0.717, 1.165) is 19.4 Å². The van der Waals surface area contributed by atoms with Crippen LogP contribution in [0.1, 0.15) is 51.4 Å². The molecule has 0 spiro atoms. The molecule has 0 aromatic rings. The highest BCUT2D eigenvalue weighted by molar-refractivity contribution is 6.07. The number of likely N-dealkylation sites (N-methyl/N-ethyl adjacent to an activating group) is 1. The van der Waals surface area contributed by atoms with Crippen LogP contribution in [0.2, 0.25) is 0 Å². The fraction of sp³-hybridized carbons (Fsp3) is 0.875. The lowest BCUT2D eigenvalue weighted by Gasteiger charge is -2.21. The number of nitrogens with zero attached hydrogens (tertiary/aromatic N) is 1. The van der Waals surface area contributed by atoms with Crippen LogP contribution in [-0.4, -0.2) is 49.9 Å². The van der Waals surface area contributed by atoms with Crippen molar-refractivity contribution in [1.82, 2.24) is 15.5 Å². The first kappa shape index (κ1) is 16.3. The van der Waals surface area contributed by atoms with Gasteiger partial charge in [0.2, 0.25) is 11.8 Å². The molecule has 0 unspecified atom stereocenters. The minimum atomic E-state index is -0.765. The summed E-state index contributed by atoms with van der Waals surface area (Å²) < 4.78 is 0. The van der Waals surface area contributed by atoms with Crippen LogP contribution in [-0.2, 0) is 9.59 Å². The molecule has 2 aliphatic rings. The van der Waals surface area contributed by atoms with Gasteiger partial charge in [0, 0.05) is 19.1 Å². The van der Waals surface area contributed by atoms with Crippen molar-refractivity contribution in [2.75, 3.05) is 27.2 Å². The maximum Gasteiger partial charge on any atom is 0.235 e. The van der Waals surface area contributed by atoms with Crippen LogP contribution in [0.5, 0.6) is 0 Å².